The van der Waals surface area contributed by atoms with E-state index in [1.54, 1.807) is 11.5 Å². The highest BCUT2D eigenvalue weighted by atomic mass is 19.1. The Morgan fingerprint density at radius 1 is 1.25 bits per heavy atom. The van der Waals surface area contributed by atoms with Crippen LogP contribution in [0.4, 0.5) is 10.1 Å². The molecule has 150 valence electrons. The summed E-state index contributed by atoms with van der Waals surface area (Å²) < 4.78 is 17.4. The van der Waals surface area contributed by atoms with Gasteiger partial charge in [0.1, 0.15) is 5.82 Å². The summed E-state index contributed by atoms with van der Waals surface area (Å²) in [5.41, 5.74) is 6.91. The first-order valence-electron chi connectivity index (χ1n) is 10.1. The average Bonchev–Trinajstić information content (AvgIpc) is 3.44. The maximum absolute atomic E-state index is 15.3. The van der Waals surface area contributed by atoms with Gasteiger partial charge in [-0.15, -0.1) is 0 Å². The van der Waals surface area contributed by atoms with Crippen molar-refractivity contribution in [3.63, 3.8) is 0 Å². The molecule has 1 spiro atoms. The number of hydrogen-bond acceptors (Lipinski definition) is 5. The van der Waals surface area contributed by atoms with Gasteiger partial charge in [-0.05, 0) is 50.5 Å². The van der Waals surface area contributed by atoms with Gasteiger partial charge >= 0.3 is 5.69 Å². The van der Waals surface area contributed by atoms with Crippen LogP contribution in [0.5, 0.6) is 0 Å². The van der Waals surface area contributed by atoms with Gasteiger partial charge in [-0.25, -0.2) is 9.18 Å². The number of rotatable bonds is 2. The van der Waals surface area contributed by atoms with Gasteiger partial charge in [0, 0.05) is 30.7 Å². The normalized spacial score (nSPS) is 24.0. The molecule has 8 heteroatoms. The molecule has 2 heterocycles. The van der Waals surface area contributed by atoms with E-state index >= 15 is 4.39 Å². The maximum atomic E-state index is 15.3. The van der Waals surface area contributed by atoms with Crippen molar-refractivity contribution in [1.82, 2.24) is 9.24 Å². The molecule has 0 bridgehead atoms. The number of anilines is 1. The summed E-state index contributed by atoms with van der Waals surface area (Å²) in [4.78, 5) is 27.3. The molecule has 0 radical (unpaired) electrons. The monoisotopic (exact) mass is 387 g/mol. The van der Waals surface area contributed by atoms with E-state index in [4.69, 9.17) is 11.6 Å². The van der Waals surface area contributed by atoms with Crippen molar-refractivity contribution >= 4 is 16.6 Å². The molecule has 4 N–H and O–H groups in total. The van der Waals surface area contributed by atoms with E-state index in [0.717, 1.165) is 38.6 Å². The van der Waals surface area contributed by atoms with Crippen LogP contribution in [-0.2, 0) is 0 Å². The molecule has 1 aliphatic heterocycles. The van der Waals surface area contributed by atoms with E-state index in [9.17, 15) is 9.59 Å². The van der Waals surface area contributed by atoms with Crippen LogP contribution in [0.15, 0.2) is 15.7 Å². The van der Waals surface area contributed by atoms with E-state index < -0.39 is 17.1 Å². The van der Waals surface area contributed by atoms with Gasteiger partial charge in [0.15, 0.2) is 0 Å². The summed E-state index contributed by atoms with van der Waals surface area (Å²) in [6.07, 6.45) is 6.12. The number of aromatic nitrogens is 2. The minimum atomic E-state index is -0.656. The predicted octanol–water partition coefficient (Wildman–Crippen LogP) is 1.37. The Bertz CT molecular complexity index is 1100. The molecule has 2 aliphatic carbocycles. The van der Waals surface area contributed by atoms with E-state index in [2.05, 4.69) is 0 Å². The molecule has 2 aromatic rings. The quantitative estimate of drug-likeness (QED) is 0.758. The SMILES string of the molecule is Cc1c(N2CC(N)CC3(CCC3)C2)c(F)cc2c(=O)n(N)c(=O)n(C3CC3)c12. The first-order valence-corrected chi connectivity index (χ1v) is 10.1. The number of piperidine rings is 1. The number of nitrogens with zero attached hydrogens (tertiary/aromatic N) is 3. The van der Waals surface area contributed by atoms with Crippen molar-refractivity contribution in [1.29, 1.82) is 0 Å². The predicted molar refractivity (Wildman–Crippen MR) is 107 cm³/mol. The zero-order chi connectivity index (χ0) is 19.8. The second-order valence-corrected chi connectivity index (χ2v) is 8.99. The lowest BCUT2D eigenvalue weighted by Gasteiger charge is -2.51. The van der Waals surface area contributed by atoms with Gasteiger partial charge in [0.25, 0.3) is 5.56 Å². The number of aryl methyl sites for hydroxylation is 1. The van der Waals surface area contributed by atoms with E-state index in [0.29, 0.717) is 28.0 Å². The van der Waals surface area contributed by atoms with E-state index in [1.165, 1.54) is 12.5 Å². The lowest BCUT2D eigenvalue weighted by molar-refractivity contribution is 0.0972. The minimum Gasteiger partial charge on any atom is -0.367 e. The molecule has 1 aromatic carbocycles. The smallest absolute Gasteiger partial charge is 0.350 e. The molecule has 3 fully saturated rings. The van der Waals surface area contributed by atoms with Gasteiger partial charge < -0.3 is 16.5 Å². The summed E-state index contributed by atoms with van der Waals surface area (Å²) in [6, 6.07) is 1.25. The molecule has 7 nitrogen and oxygen atoms in total. The van der Waals surface area contributed by atoms with Crippen LogP contribution in [0, 0.1) is 18.2 Å². The maximum Gasteiger partial charge on any atom is 0.350 e. The minimum absolute atomic E-state index is 0.00813. The van der Waals surface area contributed by atoms with Crippen LogP contribution in [0.3, 0.4) is 0 Å². The lowest BCUT2D eigenvalue weighted by Crippen LogP contribution is -2.55. The summed E-state index contributed by atoms with van der Waals surface area (Å²) in [6.45, 7) is 3.14. The summed E-state index contributed by atoms with van der Waals surface area (Å²) in [5.74, 6) is 5.24. The first-order chi connectivity index (χ1) is 13.3. The fourth-order valence-corrected chi connectivity index (χ4v) is 5.37. The van der Waals surface area contributed by atoms with E-state index in [1.807, 2.05) is 4.90 Å². The largest absolute Gasteiger partial charge is 0.367 e. The number of nitrogens with two attached hydrogens (primary N) is 2. The Balaban J connectivity index is 1.74. The number of fused-ring (bicyclic) bond motifs is 1. The topological polar surface area (TPSA) is 99.3 Å². The van der Waals surface area contributed by atoms with Crippen molar-refractivity contribution in [3.8, 4) is 0 Å². The standard InChI is InChI=1S/C20H26FN5O2/c1-11-16-14(18(27)26(23)19(28)25(16)13-3-4-13)7-15(21)17(11)24-9-12(22)8-20(10-24)5-2-6-20/h7,12-13H,2-6,8-10,22-23H2,1H3. The van der Waals surface area contributed by atoms with Crippen molar-refractivity contribution in [2.24, 2.45) is 11.1 Å². The van der Waals surface area contributed by atoms with E-state index in [-0.39, 0.29) is 22.9 Å². The third kappa shape index (κ3) is 2.43. The second kappa shape index (κ2) is 5.83. The molecule has 1 atom stereocenters. The van der Waals surface area contributed by atoms with Crippen LogP contribution < -0.4 is 27.7 Å². The third-order valence-corrected chi connectivity index (χ3v) is 6.88. The van der Waals surface area contributed by atoms with Crippen LogP contribution in [0.25, 0.3) is 10.9 Å². The van der Waals surface area contributed by atoms with Gasteiger partial charge in [0.05, 0.1) is 16.6 Å². The molecule has 1 saturated heterocycles. The molecule has 5 rings (SSSR count). The van der Waals surface area contributed by atoms with Crippen molar-refractivity contribution < 1.29 is 4.39 Å². The highest BCUT2D eigenvalue weighted by Gasteiger charge is 2.44. The van der Waals surface area contributed by atoms with Crippen LogP contribution in [0.1, 0.15) is 50.1 Å². The highest BCUT2D eigenvalue weighted by molar-refractivity contribution is 5.87. The summed E-state index contributed by atoms with van der Waals surface area (Å²) in [7, 11) is 0. The van der Waals surface area contributed by atoms with Gasteiger partial charge in [-0.1, -0.05) is 6.42 Å². The Hall–Kier alpha value is -2.35. The zero-order valence-electron chi connectivity index (χ0n) is 16.1. The number of hydrogen-bond donors (Lipinski definition) is 2. The number of nitrogen functional groups attached to an aromatic ring is 1. The molecule has 3 aliphatic rings. The van der Waals surface area contributed by atoms with Gasteiger partial charge in [0.2, 0.25) is 0 Å². The van der Waals surface area contributed by atoms with Crippen LogP contribution in [0.2, 0.25) is 0 Å². The fraction of sp³-hybridized carbons (Fsp3) is 0.600. The third-order valence-electron chi connectivity index (χ3n) is 6.88. The van der Waals surface area contributed by atoms with Gasteiger partial charge in [-0.3, -0.25) is 9.36 Å². The van der Waals surface area contributed by atoms with Crippen LogP contribution in [-0.4, -0.2) is 28.4 Å². The molecule has 2 saturated carbocycles. The lowest BCUT2D eigenvalue weighted by atomic mass is 9.63. The Kier molecular flexibility index (Phi) is 3.69. The zero-order valence-corrected chi connectivity index (χ0v) is 16.1. The van der Waals surface area contributed by atoms with Gasteiger partial charge in [-0.2, -0.15) is 4.68 Å². The Morgan fingerprint density at radius 2 is 1.96 bits per heavy atom. The number of benzene rings is 1. The molecule has 0 amide bonds. The van der Waals surface area contributed by atoms with Crippen molar-refractivity contribution in [2.45, 2.75) is 57.5 Å². The molecule has 28 heavy (non-hydrogen) atoms. The molecular formula is C20H26FN5O2. The molecule has 1 aromatic heterocycles. The Labute approximate surface area is 161 Å². The second-order valence-electron chi connectivity index (χ2n) is 8.99. The van der Waals surface area contributed by atoms with Crippen molar-refractivity contribution in [2.75, 3.05) is 23.8 Å². The first kappa shape index (κ1) is 17.7. The number of halogens is 1. The van der Waals surface area contributed by atoms with Crippen LogP contribution >= 0.6 is 0 Å². The Morgan fingerprint density at radius 3 is 2.57 bits per heavy atom. The fourth-order valence-electron chi connectivity index (χ4n) is 5.37. The highest BCUT2D eigenvalue weighted by Crippen LogP contribution is 2.49. The molecular weight excluding hydrogens is 361 g/mol. The van der Waals surface area contributed by atoms with Crippen molar-refractivity contribution in [3.05, 3.63) is 38.3 Å². The summed E-state index contributed by atoms with van der Waals surface area (Å²) >= 11 is 0. The average molecular weight is 387 g/mol. The summed E-state index contributed by atoms with van der Waals surface area (Å²) in [5, 5.41) is 0.160. The molecule has 1 unspecified atom stereocenters.